The van der Waals surface area contributed by atoms with Crippen LogP contribution in [0.2, 0.25) is 0 Å². The Morgan fingerprint density at radius 3 is 2.50 bits per heavy atom. The molecule has 0 spiro atoms. The van der Waals surface area contributed by atoms with Crippen LogP contribution >= 0.6 is 11.8 Å². The van der Waals surface area contributed by atoms with E-state index >= 15 is 0 Å². The lowest BCUT2D eigenvalue weighted by atomic mass is 10.2. The summed E-state index contributed by atoms with van der Waals surface area (Å²) in [7, 11) is 0. The number of hydrogen-bond acceptors (Lipinski definition) is 3. The number of carbonyl (C=O) groups excluding carboxylic acids is 2. The van der Waals surface area contributed by atoms with Gasteiger partial charge in [0.25, 0.3) is 0 Å². The lowest BCUT2D eigenvalue weighted by molar-refractivity contribution is -0.113. The molecular weight excluding hydrogens is 322 g/mol. The summed E-state index contributed by atoms with van der Waals surface area (Å²) in [5.41, 5.74) is 2.76. The minimum atomic E-state index is -0.0821. The number of amides is 3. The normalized spacial score (nSPS) is 13.7. The first kappa shape index (κ1) is 16.4. The maximum atomic E-state index is 12.0. The molecule has 3 rings (SSSR count). The predicted octanol–water partition coefficient (Wildman–Crippen LogP) is 3.26. The Balaban J connectivity index is 1.52. The van der Waals surface area contributed by atoms with E-state index in [9.17, 15) is 9.59 Å². The van der Waals surface area contributed by atoms with Gasteiger partial charge in [0.05, 0.1) is 5.75 Å². The fraction of sp³-hybridized carbons (Fsp3) is 0.222. The highest BCUT2D eigenvalue weighted by Crippen LogP contribution is 2.21. The fourth-order valence-electron chi connectivity index (χ4n) is 2.42. The van der Waals surface area contributed by atoms with Gasteiger partial charge in [0.2, 0.25) is 5.91 Å². The zero-order chi connectivity index (χ0) is 16.9. The Kier molecular flexibility index (Phi) is 5.05. The highest BCUT2D eigenvalue weighted by atomic mass is 32.2. The molecule has 2 N–H and O–H groups in total. The zero-order valence-electron chi connectivity index (χ0n) is 13.4. The second-order valence-electron chi connectivity index (χ2n) is 5.58. The smallest absolute Gasteiger partial charge is 0.321 e. The van der Waals surface area contributed by atoms with Crippen LogP contribution < -0.4 is 15.5 Å². The summed E-state index contributed by atoms with van der Waals surface area (Å²) in [5, 5.41) is 5.64. The van der Waals surface area contributed by atoms with Gasteiger partial charge in [0, 0.05) is 29.4 Å². The lowest BCUT2D eigenvalue weighted by Crippen LogP contribution is -2.27. The van der Waals surface area contributed by atoms with Gasteiger partial charge >= 0.3 is 6.03 Å². The van der Waals surface area contributed by atoms with Crippen LogP contribution in [0.15, 0.2) is 53.4 Å². The quantitative estimate of drug-likeness (QED) is 0.821. The first-order valence-electron chi connectivity index (χ1n) is 7.76. The first-order chi connectivity index (χ1) is 11.6. The van der Waals surface area contributed by atoms with Crippen LogP contribution in [0.3, 0.4) is 0 Å². The molecule has 6 heteroatoms. The largest absolute Gasteiger partial charge is 0.336 e. The molecule has 3 amide bonds. The molecule has 0 aromatic heterocycles. The van der Waals surface area contributed by atoms with Gasteiger partial charge in [0.15, 0.2) is 0 Å². The molecule has 1 saturated heterocycles. The van der Waals surface area contributed by atoms with Crippen molar-refractivity contribution in [3.63, 3.8) is 0 Å². The lowest BCUT2D eigenvalue weighted by Gasteiger charge is -2.14. The molecule has 1 aliphatic rings. The van der Waals surface area contributed by atoms with Gasteiger partial charge in [0.1, 0.15) is 0 Å². The number of thioether (sulfide) groups is 1. The topological polar surface area (TPSA) is 61.4 Å². The number of benzene rings is 2. The molecule has 1 fully saturated rings. The number of aryl methyl sites for hydroxylation is 1. The Bertz CT molecular complexity index is 729. The molecule has 0 aliphatic carbocycles. The molecule has 2 aromatic rings. The summed E-state index contributed by atoms with van der Waals surface area (Å²) in [5.74, 6) is 0.312. The SMILES string of the molecule is Cc1ccc(SCC(=O)Nc2ccc(N3CCNC3=O)cc2)cc1. The van der Waals surface area contributed by atoms with E-state index in [0.29, 0.717) is 18.8 Å². The third kappa shape index (κ3) is 4.08. The van der Waals surface area contributed by atoms with Crippen molar-refractivity contribution in [3.05, 3.63) is 54.1 Å². The number of nitrogens with one attached hydrogen (secondary N) is 2. The van der Waals surface area contributed by atoms with Crippen LogP contribution in [0.5, 0.6) is 0 Å². The second-order valence-corrected chi connectivity index (χ2v) is 6.63. The molecule has 0 saturated carbocycles. The number of urea groups is 1. The standard InChI is InChI=1S/C18H19N3O2S/c1-13-2-8-16(9-3-13)24-12-17(22)20-14-4-6-15(7-5-14)21-11-10-19-18(21)23/h2-9H,10-12H2,1H3,(H,19,23)(H,20,22). The van der Waals surface area contributed by atoms with Crippen LogP contribution in [0.25, 0.3) is 0 Å². The second kappa shape index (κ2) is 7.40. The molecular formula is C18H19N3O2S. The summed E-state index contributed by atoms with van der Waals surface area (Å²) in [6.07, 6.45) is 0. The van der Waals surface area contributed by atoms with Gasteiger partial charge in [-0.25, -0.2) is 4.79 Å². The average molecular weight is 341 g/mol. The van der Waals surface area contributed by atoms with Gasteiger partial charge in [-0.1, -0.05) is 17.7 Å². The van der Waals surface area contributed by atoms with Gasteiger partial charge < -0.3 is 10.6 Å². The van der Waals surface area contributed by atoms with Crippen molar-refractivity contribution in [2.45, 2.75) is 11.8 Å². The molecule has 1 heterocycles. The van der Waals surface area contributed by atoms with Gasteiger partial charge in [-0.3, -0.25) is 9.69 Å². The van der Waals surface area contributed by atoms with E-state index in [0.717, 1.165) is 16.3 Å². The van der Waals surface area contributed by atoms with Gasteiger partial charge in [-0.05, 0) is 43.3 Å². The zero-order valence-corrected chi connectivity index (χ0v) is 14.2. The van der Waals surface area contributed by atoms with Gasteiger partial charge in [-0.15, -0.1) is 11.8 Å². The minimum Gasteiger partial charge on any atom is -0.336 e. The van der Waals surface area contributed by atoms with E-state index in [1.54, 1.807) is 4.90 Å². The van der Waals surface area contributed by atoms with Crippen molar-refractivity contribution >= 4 is 35.1 Å². The van der Waals surface area contributed by atoms with Crippen LogP contribution in [-0.4, -0.2) is 30.8 Å². The van der Waals surface area contributed by atoms with Crippen molar-refractivity contribution in [2.75, 3.05) is 29.1 Å². The molecule has 0 unspecified atom stereocenters. The summed E-state index contributed by atoms with van der Waals surface area (Å²) in [4.78, 5) is 26.4. The number of nitrogens with zero attached hydrogens (tertiary/aromatic N) is 1. The summed E-state index contributed by atoms with van der Waals surface area (Å²) in [6.45, 7) is 3.36. The molecule has 24 heavy (non-hydrogen) atoms. The van der Waals surface area contributed by atoms with Gasteiger partial charge in [-0.2, -0.15) is 0 Å². The van der Waals surface area contributed by atoms with E-state index in [1.807, 2.05) is 55.5 Å². The van der Waals surface area contributed by atoms with Crippen molar-refractivity contribution in [3.8, 4) is 0 Å². The molecule has 2 aromatic carbocycles. The van der Waals surface area contributed by atoms with E-state index in [1.165, 1.54) is 17.3 Å². The molecule has 1 aliphatic heterocycles. The van der Waals surface area contributed by atoms with Crippen molar-refractivity contribution in [1.29, 1.82) is 0 Å². The predicted molar refractivity (Wildman–Crippen MR) is 97.7 cm³/mol. The first-order valence-corrected chi connectivity index (χ1v) is 8.75. The van der Waals surface area contributed by atoms with E-state index in [-0.39, 0.29) is 11.9 Å². The third-order valence-corrected chi connectivity index (χ3v) is 4.72. The number of carbonyl (C=O) groups is 2. The van der Waals surface area contributed by atoms with Crippen LogP contribution in [0.4, 0.5) is 16.2 Å². The molecule has 124 valence electrons. The number of hydrogen-bond donors (Lipinski definition) is 2. The minimum absolute atomic E-state index is 0.0489. The number of anilines is 2. The third-order valence-electron chi connectivity index (χ3n) is 3.71. The highest BCUT2D eigenvalue weighted by Gasteiger charge is 2.20. The Labute approximate surface area is 145 Å². The number of rotatable bonds is 5. The summed E-state index contributed by atoms with van der Waals surface area (Å²) < 4.78 is 0. The maximum absolute atomic E-state index is 12.0. The molecule has 5 nitrogen and oxygen atoms in total. The molecule has 0 radical (unpaired) electrons. The van der Waals surface area contributed by atoms with E-state index in [4.69, 9.17) is 0 Å². The molecule has 0 bridgehead atoms. The maximum Gasteiger partial charge on any atom is 0.321 e. The van der Waals surface area contributed by atoms with Crippen molar-refractivity contribution in [2.24, 2.45) is 0 Å². The Hall–Kier alpha value is -2.47. The Morgan fingerprint density at radius 2 is 1.88 bits per heavy atom. The molecule has 0 atom stereocenters. The van der Waals surface area contributed by atoms with Crippen LogP contribution in [0, 0.1) is 6.92 Å². The van der Waals surface area contributed by atoms with E-state index < -0.39 is 0 Å². The van der Waals surface area contributed by atoms with Crippen molar-refractivity contribution in [1.82, 2.24) is 5.32 Å². The monoisotopic (exact) mass is 341 g/mol. The summed E-state index contributed by atoms with van der Waals surface area (Å²) in [6, 6.07) is 15.3. The summed E-state index contributed by atoms with van der Waals surface area (Å²) >= 11 is 1.51. The fourth-order valence-corrected chi connectivity index (χ4v) is 3.12. The highest BCUT2D eigenvalue weighted by molar-refractivity contribution is 8.00. The Morgan fingerprint density at radius 1 is 1.17 bits per heavy atom. The van der Waals surface area contributed by atoms with Crippen LogP contribution in [-0.2, 0) is 4.79 Å². The average Bonchev–Trinajstić information content (AvgIpc) is 3.01. The van der Waals surface area contributed by atoms with Crippen LogP contribution in [0.1, 0.15) is 5.56 Å². The van der Waals surface area contributed by atoms with Crippen molar-refractivity contribution < 1.29 is 9.59 Å². The van der Waals surface area contributed by atoms with E-state index in [2.05, 4.69) is 10.6 Å².